The molecular weight excluding hydrogens is 221 g/mol. The van der Waals surface area contributed by atoms with Crippen LogP contribution in [-0.4, -0.2) is 18.6 Å². The van der Waals surface area contributed by atoms with E-state index in [4.69, 9.17) is 5.73 Å². The second kappa shape index (κ2) is 4.84. The first-order chi connectivity index (χ1) is 7.74. The minimum Gasteiger partial charge on any atom is -0.465 e. The molecule has 1 rings (SSSR count). The number of nitrogens with two attached hydrogens (primary N) is 1. The Morgan fingerprint density at radius 2 is 2.06 bits per heavy atom. The lowest BCUT2D eigenvalue weighted by Gasteiger charge is -2.19. The molecule has 0 aliphatic rings. The van der Waals surface area contributed by atoms with Crippen LogP contribution in [0.3, 0.4) is 0 Å². The summed E-state index contributed by atoms with van der Waals surface area (Å²) in [5.41, 5.74) is 6.71. The summed E-state index contributed by atoms with van der Waals surface area (Å²) in [6, 6.07) is 2.86. The number of carbonyl (C=O) groups excluding carboxylic acids is 1. The smallest absolute Gasteiger partial charge is 0.338 e. The molecule has 0 heterocycles. The molecule has 0 aromatic heterocycles. The molecule has 0 spiro atoms. The van der Waals surface area contributed by atoms with Gasteiger partial charge in [-0.05, 0) is 50.5 Å². The Morgan fingerprint density at radius 3 is 2.53 bits per heavy atom. The largest absolute Gasteiger partial charge is 0.465 e. The topological polar surface area (TPSA) is 52.3 Å². The van der Waals surface area contributed by atoms with Crippen molar-refractivity contribution in [2.75, 3.05) is 7.11 Å². The predicted octanol–water partition coefficient (Wildman–Crippen LogP) is 2.20. The number of ether oxygens (including phenoxy) is 1. The molecule has 94 valence electrons. The average molecular weight is 239 g/mol. The number of rotatable bonds is 3. The molecule has 0 bridgehead atoms. The van der Waals surface area contributed by atoms with Crippen LogP contribution in [0.25, 0.3) is 0 Å². The summed E-state index contributed by atoms with van der Waals surface area (Å²) < 4.78 is 18.4. The van der Waals surface area contributed by atoms with Crippen LogP contribution in [0.2, 0.25) is 0 Å². The molecule has 0 saturated carbocycles. The van der Waals surface area contributed by atoms with E-state index in [-0.39, 0.29) is 5.82 Å². The van der Waals surface area contributed by atoms with Crippen LogP contribution in [0.1, 0.15) is 35.3 Å². The summed E-state index contributed by atoms with van der Waals surface area (Å²) in [4.78, 5) is 11.5. The van der Waals surface area contributed by atoms with Gasteiger partial charge in [0.05, 0.1) is 12.7 Å². The van der Waals surface area contributed by atoms with Crippen molar-refractivity contribution in [3.05, 3.63) is 34.6 Å². The zero-order valence-corrected chi connectivity index (χ0v) is 10.6. The quantitative estimate of drug-likeness (QED) is 0.823. The van der Waals surface area contributed by atoms with Crippen molar-refractivity contribution in [2.45, 2.75) is 32.7 Å². The number of hydrogen-bond acceptors (Lipinski definition) is 3. The summed E-state index contributed by atoms with van der Waals surface area (Å²) >= 11 is 0. The molecule has 0 radical (unpaired) electrons. The van der Waals surface area contributed by atoms with Crippen molar-refractivity contribution in [2.24, 2.45) is 5.73 Å². The van der Waals surface area contributed by atoms with E-state index in [2.05, 4.69) is 4.74 Å². The zero-order chi connectivity index (χ0) is 13.2. The van der Waals surface area contributed by atoms with Gasteiger partial charge in [-0.1, -0.05) is 0 Å². The lowest BCUT2D eigenvalue weighted by molar-refractivity contribution is 0.0599. The Kier molecular flexibility index (Phi) is 3.88. The fraction of sp³-hybridized carbons (Fsp3) is 0.462. The highest BCUT2D eigenvalue weighted by molar-refractivity contribution is 5.91. The van der Waals surface area contributed by atoms with E-state index in [0.29, 0.717) is 23.1 Å². The molecule has 0 saturated heterocycles. The van der Waals surface area contributed by atoms with E-state index in [9.17, 15) is 9.18 Å². The number of benzene rings is 1. The monoisotopic (exact) mass is 239 g/mol. The summed E-state index contributed by atoms with van der Waals surface area (Å²) in [6.07, 6.45) is 0.364. The number of methoxy groups -OCH3 is 1. The van der Waals surface area contributed by atoms with Crippen molar-refractivity contribution < 1.29 is 13.9 Å². The molecule has 2 N–H and O–H groups in total. The minimum atomic E-state index is -0.524. The van der Waals surface area contributed by atoms with E-state index >= 15 is 0 Å². The highest BCUT2D eigenvalue weighted by atomic mass is 19.1. The van der Waals surface area contributed by atoms with Crippen LogP contribution in [0.15, 0.2) is 12.1 Å². The van der Waals surface area contributed by atoms with Gasteiger partial charge in [0.15, 0.2) is 0 Å². The third-order valence-electron chi connectivity index (χ3n) is 2.44. The first-order valence-corrected chi connectivity index (χ1v) is 5.41. The normalized spacial score (nSPS) is 11.4. The highest BCUT2D eigenvalue weighted by Gasteiger charge is 2.18. The maximum atomic E-state index is 13.7. The number of carbonyl (C=O) groups is 1. The fourth-order valence-electron chi connectivity index (χ4n) is 1.67. The van der Waals surface area contributed by atoms with E-state index in [0.717, 1.165) is 0 Å². The third-order valence-corrected chi connectivity index (χ3v) is 2.44. The molecule has 0 unspecified atom stereocenters. The molecule has 0 atom stereocenters. The van der Waals surface area contributed by atoms with Gasteiger partial charge < -0.3 is 10.5 Å². The summed E-state index contributed by atoms with van der Waals surface area (Å²) in [5, 5.41) is 0. The molecule has 3 nitrogen and oxygen atoms in total. The van der Waals surface area contributed by atoms with Crippen LogP contribution in [-0.2, 0) is 11.2 Å². The molecule has 17 heavy (non-hydrogen) atoms. The molecular formula is C13H18FNO2. The van der Waals surface area contributed by atoms with E-state index in [1.165, 1.54) is 19.2 Å². The molecule has 0 fully saturated rings. The average Bonchev–Trinajstić information content (AvgIpc) is 2.19. The third kappa shape index (κ3) is 3.53. The molecule has 1 aromatic carbocycles. The summed E-state index contributed by atoms with van der Waals surface area (Å²) in [6.45, 7) is 5.29. The first-order valence-electron chi connectivity index (χ1n) is 5.41. The molecule has 0 aliphatic heterocycles. The molecule has 1 aromatic rings. The second-order valence-electron chi connectivity index (χ2n) is 4.92. The van der Waals surface area contributed by atoms with Crippen LogP contribution in [0.4, 0.5) is 4.39 Å². The number of esters is 1. The van der Waals surface area contributed by atoms with Gasteiger partial charge in [-0.15, -0.1) is 0 Å². The van der Waals surface area contributed by atoms with Gasteiger partial charge in [-0.2, -0.15) is 0 Å². The van der Waals surface area contributed by atoms with Gasteiger partial charge >= 0.3 is 5.97 Å². The van der Waals surface area contributed by atoms with Crippen molar-refractivity contribution in [3.63, 3.8) is 0 Å². The van der Waals surface area contributed by atoms with E-state index < -0.39 is 11.5 Å². The SMILES string of the molecule is COC(=O)c1cc(CC(C)(C)N)c(F)cc1C. The molecule has 0 aliphatic carbocycles. The zero-order valence-electron chi connectivity index (χ0n) is 10.6. The molecule has 4 heteroatoms. The Labute approximate surface area is 101 Å². The van der Waals surface area contributed by atoms with Crippen molar-refractivity contribution in [3.8, 4) is 0 Å². The van der Waals surface area contributed by atoms with Crippen molar-refractivity contribution in [1.29, 1.82) is 0 Å². The van der Waals surface area contributed by atoms with Crippen molar-refractivity contribution >= 4 is 5.97 Å². The Hall–Kier alpha value is -1.42. The number of halogens is 1. The molecule has 0 amide bonds. The Morgan fingerprint density at radius 1 is 1.47 bits per heavy atom. The lowest BCUT2D eigenvalue weighted by atomic mass is 9.93. The van der Waals surface area contributed by atoms with Crippen LogP contribution >= 0.6 is 0 Å². The van der Waals surface area contributed by atoms with Crippen LogP contribution in [0.5, 0.6) is 0 Å². The maximum Gasteiger partial charge on any atom is 0.338 e. The van der Waals surface area contributed by atoms with Gasteiger partial charge in [-0.25, -0.2) is 9.18 Å². The van der Waals surface area contributed by atoms with Gasteiger partial charge in [0, 0.05) is 5.54 Å². The fourth-order valence-corrected chi connectivity index (χ4v) is 1.67. The van der Waals surface area contributed by atoms with Gasteiger partial charge in [0.2, 0.25) is 0 Å². The van der Waals surface area contributed by atoms with Crippen LogP contribution < -0.4 is 5.73 Å². The maximum absolute atomic E-state index is 13.7. The van der Waals surface area contributed by atoms with Crippen molar-refractivity contribution in [1.82, 2.24) is 0 Å². The number of hydrogen-bond donors (Lipinski definition) is 1. The van der Waals surface area contributed by atoms with E-state index in [1.54, 1.807) is 6.92 Å². The van der Waals surface area contributed by atoms with Crippen LogP contribution in [0, 0.1) is 12.7 Å². The van der Waals surface area contributed by atoms with E-state index in [1.807, 2.05) is 13.8 Å². The lowest BCUT2D eigenvalue weighted by Crippen LogP contribution is -2.34. The summed E-state index contributed by atoms with van der Waals surface area (Å²) in [7, 11) is 1.30. The standard InChI is InChI=1S/C13H18FNO2/c1-8-5-11(14)9(7-13(2,3)15)6-10(8)12(16)17-4/h5-6H,7,15H2,1-4H3. The Bertz CT molecular complexity index is 436. The van der Waals surface area contributed by atoms with Gasteiger partial charge in [0.1, 0.15) is 5.82 Å². The second-order valence-corrected chi connectivity index (χ2v) is 4.92. The Balaban J connectivity index is 3.19. The number of aryl methyl sites for hydroxylation is 1. The minimum absolute atomic E-state index is 0.339. The predicted molar refractivity (Wildman–Crippen MR) is 64.4 cm³/mol. The highest BCUT2D eigenvalue weighted by Crippen LogP contribution is 2.20. The van der Waals surface area contributed by atoms with Gasteiger partial charge in [-0.3, -0.25) is 0 Å². The summed E-state index contributed by atoms with van der Waals surface area (Å²) in [5.74, 6) is -0.799. The first kappa shape index (κ1) is 13.6. The van der Waals surface area contributed by atoms with Gasteiger partial charge in [0.25, 0.3) is 0 Å².